The van der Waals surface area contributed by atoms with Gasteiger partial charge < -0.3 is 29.6 Å². The van der Waals surface area contributed by atoms with E-state index in [1.165, 1.54) is 13.0 Å². The molecule has 3 N–H and O–H groups in total. The summed E-state index contributed by atoms with van der Waals surface area (Å²) in [6, 6.07) is 4.86. The van der Waals surface area contributed by atoms with Gasteiger partial charge in [0.1, 0.15) is 24.2 Å². The molecule has 1 aliphatic heterocycles. The highest BCUT2D eigenvalue weighted by atomic mass is 16.5. The second kappa shape index (κ2) is 10.3. The van der Waals surface area contributed by atoms with Gasteiger partial charge in [-0.2, -0.15) is 0 Å². The van der Waals surface area contributed by atoms with Crippen LogP contribution in [0.25, 0.3) is 10.9 Å². The summed E-state index contributed by atoms with van der Waals surface area (Å²) in [6.07, 6.45) is -0.587. The molecule has 0 spiro atoms. The smallest absolute Gasteiger partial charge is 0.354 e. The number of ether oxygens (including phenoxy) is 3. The molecule has 1 unspecified atom stereocenters. The van der Waals surface area contributed by atoms with Gasteiger partial charge in [-0.15, -0.1) is 0 Å². The van der Waals surface area contributed by atoms with E-state index >= 15 is 0 Å². The lowest BCUT2D eigenvalue weighted by atomic mass is 10.0. The maximum absolute atomic E-state index is 12.6. The zero-order chi connectivity index (χ0) is 23.3. The second-order valence-electron chi connectivity index (χ2n) is 8.96. The number of phenols is 1. The van der Waals surface area contributed by atoms with Gasteiger partial charge in [-0.25, -0.2) is 4.79 Å². The number of aromatic amines is 1. The number of nitrogens with zero attached hydrogens (tertiary/aromatic N) is 1. The van der Waals surface area contributed by atoms with Gasteiger partial charge >= 0.3 is 11.9 Å². The zero-order valence-corrected chi connectivity index (χ0v) is 19.2. The van der Waals surface area contributed by atoms with E-state index in [2.05, 4.69) is 15.2 Å². The zero-order valence-electron chi connectivity index (χ0n) is 19.2. The lowest BCUT2D eigenvalue weighted by Gasteiger charge is -2.26. The summed E-state index contributed by atoms with van der Waals surface area (Å²) >= 11 is 0. The Bertz CT molecular complexity index is 943. The number of H-pyrrole nitrogens is 1. The molecular formula is C23H33N3O6. The molecule has 1 saturated heterocycles. The minimum absolute atomic E-state index is 0.00136. The van der Waals surface area contributed by atoms with Crippen molar-refractivity contribution in [2.75, 3.05) is 46.0 Å². The summed E-state index contributed by atoms with van der Waals surface area (Å²) < 4.78 is 16.3. The van der Waals surface area contributed by atoms with Gasteiger partial charge in [0.05, 0.1) is 18.7 Å². The number of fused-ring (bicyclic) bond motifs is 1. The summed E-state index contributed by atoms with van der Waals surface area (Å²) in [6.45, 7) is 11.7. The number of benzene rings is 1. The van der Waals surface area contributed by atoms with E-state index in [4.69, 9.17) is 14.2 Å². The van der Waals surface area contributed by atoms with Crippen molar-refractivity contribution in [2.45, 2.75) is 39.3 Å². The minimum Gasteiger partial charge on any atom is -0.506 e. The van der Waals surface area contributed by atoms with E-state index in [0.29, 0.717) is 42.8 Å². The first kappa shape index (κ1) is 24.0. The maximum atomic E-state index is 12.6. The van der Waals surface area contributed by atoms with Gasteiger partial charge in [0, 0.05) is 49.6 Å². The van der Waals surface area contributed by atoms with Crippen LogP contribution in [0.1, 0.15) is 49.9 Å². The minimum atomic E-state index is -0.587. The fraction of sp³-hybridized carbons (Fsp3) is 0.565. The normalized spacial score (nSPS) is 16.1. The Hall–Kier alpha value is -2.62. The van der Waals surface area contributed by atoms with Crippen LogP contribution in [0.2, 0.25) is 0 Å². The fourth-order valence-corrected chi connectivity index (χ4v) is 3.60. The van der Waals surface area contributed by atoms with Crippen LogP contribution in [0.15, 0.2) is 18.2 Å². The quantitative estimate of drug-likeness (QED) is 0.529. The molecule has 0 radical (unpaired) electrons. The van der Waals surface area contributed by atoms with Crippen molar-refractivity contribution in [3.05, 3.63) is 29.5 Å². The summed E-state index contributed by atoms with van der Waals surface area (Å²) in [5.74, 6) is -0.914. The highest BCUT2D eigenvalue weighted by Gasteiger charge is 2.24. The Kier molecular flexibility index (Phi) is 7.76. The molecule has 3 rings (SSSR count). The molecule has 1 atom stereocenters. The average Bonchev–Trinajstić information content (AvgIpc) is 3.18. The number of esters is 2. The van der Waals surface area contributed by atoms with Gasteiger partial charge in [0.2, 0.25) is 0 Å². The number of aromatic nitrogens is 1. The molecule has 0 saturated carbocycles. The van der Waals surface area contributed by atoms with E-state index in [0.717, 1.165) is 13.1 Å². The number of morpholine rings is 1. The Morgan fingerprint density at radius 3 is 2.66 bits per heavy atom. The molecule has 0 aliphatic carbocycles. The van der Waals surface area contributed by atoms with Crippen molar-refractivity contribution < 1.29 is 28.9 Å². The number of hydrogen-bond acceptors (Lipinski definition) is 8. The topological polar surface area (TPSA) is 113 Å². The van der Waals surface area contributed by atoms with Crippen LogP contribution in [-0.2, 0) is 19.0 Å². The number of rotatable bonds is 8. The maximum Gasteiger partial charge on any atom is 0.354 e. The van der Waals surface area contributed by atoms with Gasteiger partial charge in [0.15, 0.2) is 0 Å². The summed E-state index contributed by atoms with van der Waals surface area (Å²) in [5.41, 5.74) is 1.14. The summed E-state index contributed by atoms with van der Waals surface area (Å²) in [4.78, 5) is 29.5. The fourth-order valence-electron chi connectivity index (χ4n) is 3.60. The van der Waals surface area contributed by atoms with Gasteiger partial charge in [-0.3, -0.25) is 9.69 Å². The lowest BCUT2D eigenvalue weighted by molar-refractivity contribution is -0.146. The van der Waals surface area contributed by atoms with Crippen molar-refractivity contribution in [1.82, 2.24) is 15.2 Å². The van der Waals surface area contributed by atoms with E-state index in [1.807, 2.05) is 20.8 Å². The number of nitrogens with one attached hydrogen (secondary N) is 2. The van der Waals surface area contributed by atoms with E-state index in [1.54, 1.807) is 12.1 Å². The third kappa shape index (κ3) is 6.44. The molecule has 9 nitrogen and oxygen atoms in total. The Morgan fingerprint density at radius 2 is 2.00 bits per heavy atom. The van der Waals surface area contributed by atoms with E-state index < -0.39 is 18.0 Å². The summed E-state index contributed by atoms with van der Waals surface area (Å²) in [7, 11) is 0. The molecule has 1 aliphatic rings. The van der Waals surface area contributed by atoms with Crippen molar-refractivity contribution in [3.63, 3.8) is 0 Å². The number of phenolic OH excluding ortho intramolecular Hbond substituents is 1. The molecule has 2 heterocycles. The van der Waals surface area contributed by atoms with Gasteiger partial charge in [-0.05, 0) is 32.9 Å². The monoisotopic (exact) mass is 447 g/mol. The van der Waals surface area contributed by atoms with Crippen molar-refractivity contribution >= 4 is 22.8 Å². The molecular weight excluding hydrogens is 414 g/mol. The van der Waals surface area contributed by atoms with Crippen LogP contribution < -0.4 is 5.32 Å². The third-order valence-corrected chi connectivity index (χ3v) is 5.24. The first-order valence-electron chi connectivity index (χ1n) is 10.9. The molecule has 2 aromatic rings. The molecule has 1 aromatic carbocycles. The Morgan fingerprint density at radius 1 is 1.28 bits per heavy atom. The Labute approximate surface area is 188 Å². The highest BCUT2D eigenvalue weighted by molar-refractivity contribution is 5.98. The van der Waals surface area contributed by atoms with Crippen LogP contribution in [-0.4, -0.2) is 78.5 Å². The molecule has 176 valence electrons. The number of carbonyl (C=O) groups is 2. The standard InChI is InChI=1S/C23H33N3O6/c1-15(27)32-20(14-24-23(2,3)4)16-5-6-19(28)21-17(16)13-18(25-21)22(29)31-12-9-26-7-10-30-11-8-26/h5-6,13,20,24-25,28H,7-12,14H2,1-4H3. The molecule has 1 aromatic heterocycles. The van der Waals surface area contributed by atoms with Crippen LogP contribution in [0.3, 0.4) is 0 Å². The van der Waals surface area contributed by atoms with Crippen LogP contribution in [0.5, 0.6) is 5.75 Å². The second-order valence-corrected chi connectivity index (χ2v) is 8.96. The van der Waals surface area contributed by atoms with Crippen LogP contribution >= 0.6 is 0 Å². The van der Waals surface area contributed by atoms with Crippen molar-refractivity contribution in [2.24, 2.45) is 0 Å². The van der Waals surface area contributed by atoms with Crippen LogP contribution in [0, 0.1) is 0 Å². The van der Waals surface area contributed by atoms with Crippen molar-refractivity contribution in [1.29, 1.82) is 0 Å². The highest BCUT2D eigenvalue weighted by Crippen LogP contribution is 2.33. The third-order valence-electron chi connectivity index (χ3n) is 5.24. The first-order valence-corrected chi connectivity index (χ1v) is 10.9. The van der Waals surface area contributed by atoms with Gasteiger partial charge in [0.25, 0.3) is 0 Å². The molecule has 1 fully saturated rings. The molecule has 9 heteroatoms. The molecule has 0 amide bonds. The number of carbonyl (C=O) groups excluding carboxylic acids is 2. The SMILES string of the molecule is CC(=O)OC(CNC(C)(C)C)c1ccc(O)c2[nH]c(C(=O)OCCN3CCOCC3)cc12. The molecule has 0 bridgehead atoms. The predicted octanol–water partition coefficient (Wildman–Crippen LogP) is 2.35. The van der Waals surface area contributed by atoms with E-state index in [-0.39, 0.29) is 23.6 Å². The predicted molar refractivity (Wildman–Crippen MR) is 120 cm³/mol. The first-order chi connectivity index (χ1) is 15.1. The largest absolute Gasteiger partial charge is 0.506 e. The van der Waals surface area contributed by atoms with Crippen molar-refractivity contribution in [3.8, 4) is 5.75 Å². The number of hydrogen-bond donors (Lipinski definition) is 3. The number of aromatic hydroxyl groups is 1. The Balaban J connectivity index is 1.78. The average molecular weight is 448 g/mol. The summed E-state index contributed by atoms with van der Waals surface area (Å²) in [5, 5.41) is 14.3. The van der Waals surface area contributed by atoms with Gasteiger partial charge in [-0.1, -0.05) is 6.07 Å². The lowest BCUT2D eigenvalue weighted by Crippen LogP contribution is -2.39. The van der Waals surface area contributed by atoms with Crippen LogP contribution in [0.4, 0.5) is 0 Å². The molecule has 32 heavy (non-hydrogen) atoms. The van der Waals surface area contributed by atoms with E-state index in [9.17, 15) is 14.7 Å².